The fourth-order valence-electron chi connectivity index (χ4n) is 2.06. The van der Waals surface area contributed by atoms with E-state index in [9.17, 15) is 14.4 Å². The minimum absolute atomic E-state index is 0.0791. The highest BCUT2D eigenvalue weighted by Gasteiger charge is 2.25. The molecule has 0 bridgehead atoms. The third-order valence-electron chi connectivity index (χ3n) is 3.52. The highest BCUT2D eigenvalue weighted by atomic mass is 16.6. The van der Waals surface area contributed by atoms with Gasteiger partial charge in [0.2, 0.25) is 5.91 Å². The van der Waals surface area contributed by atoms with E-state index >= 15 is 0 Å². The molecular weight excluding hydrogens is 348 g/mol. The maximum absolute atomic E-state index is 12.2. The maximum Gasteiger partial charge on any atom is 0.407 e. The normalized spacial score (nSPS) is 12.7. The summed E-state index contributed by atoms with van der Waals surface area (Å²) in [5, 5.41) is 5.20. The summed E-state index contributed by atoms with van der Waals surface area (Å²) >= 11 is 0. The Morgan fingerprint density at radius 2 is 1.56 bits per heavy atom. The average molecular weight is 378 g/mol. The molecule has 2 amide bonds. The van der Waals surface area contributed by atoms with Crippen molar-refractivity contribution in [3.63, 3.8) is 0 Å². The number of likely N-dealkylation sites (N-methyl/N-ethyl adjacent to an activating group) is 1. The van der Waals surface area contributed by atoms with Crippen LogP contribution in [0.25, 0.3) is 0 Å². The van der Waals surface area contributed by atoms with Crippen LogP contribution in [0.1, 0.15) is 53.0 Å². The number of amides is 2. The van der Waals surface area contributed by atoms with Gasteiger partial charge in [0.25, 0.3) is 0 Å². The van der Waals surface area contributed by atoms with E-state index < -0.39 is 23.0 Å². The van der Waals surface area contributed by atoms with E-state index in [0.717, 1.165) is 0 Å². The Labute approximate surface area is 160 Å². The minimum atomic E-state index is -0.620. The quantitative estimate of drug-likeness (QED) is 0.607. The van der Waals surface area contributed by atoms with E-state index in [0.29, 0.717) is 11.3 Å². The van der Waals surface area contributed by atoms with Crippen LogP contribution in [0.2, 0.25) is 0 Å². The smallest absolute Gasteiger partial charge is 0.407 e. The molecule has 7 heteroatoms. The number of carbonyl (C=O) groups is 3. The molecule has 0 aliphatic heterocycles. The van der Waals surface area contributed by atoms with E-state index in [1.165, 1.54) is 7.05 Å². The van der Waals surface area contributed by atoms with Crippen molar-refractivity contribution in [3.8, 4) is 5.75 Å². The highest BCUT2D eigenvalue weighted by molar-refractivity contribution is 5.84. The van der Waals surface area contributed by atoms with Crippen molar-refractivity contribution in [2.45, 2.75) is 53.1 Å². The van der Waals surface area contributed by atoms with Crippen LogP contribution < -0.4 is 15.4 Å². The zero-order chi connectivity index (χ0) is 20.8. The summed E-state index contributed by atoms with van der Waals surface area (Å²) in [6.45, 7) is 10.7. The summed E-state index contributed by atoms with van der Waals surface area (Å²) in [5.74, 6) is -0.792. The number of ether oxygens (including phenoxy) is 2. The Bertz CT molecular complexity index is 669. The molecule has 1 unspecified atom stereocenters. The largest absolute Gasteiger partial charge is 0.444 e. The van der Waals surface area contributed by atoms with Crippen LogP contribution in [-0.4, -0.2) is 37.2 Å². The van der Waals surface area contributed by atoms with Gasteiger partial charge in [-0.3, -0.25) is 9.59 Å². The molecule has 7 nitrogen and oxygen atoms in total. The Morgan fingerprint density at radius 3 is 2.00 bits per heavy atom. The minimum Gasteiger partial charge on any atom is -0.444 e. The molecule has 0 radical (unpaired) electrons. The second kappa shape index (κ2) is 8.88. The first-order valence-corrected chi connectivity index (χ1v) is 8.84. The van der Waals surface area contributed by atoms with Gasteiger partial charge in [0.05, 0.1) is 11.3 Å². The van der Waals surface area contributed by atoms with E-state index in [4.69, 9.17) is 9.47 Å². The number of rotatable bonds is 5. The third-order valence-corrected chi connectivity index (χ3v) is 3.52. The highest BCUT2D eigenvalue weighted by Crippen LogP contribution is 2.23. The van der Waals surface area contributed by atoms with E-state index in [2.05, 4.69) is 10.6 Å². The van der Waals surface area contributed by atoms with Crippen molar-refractivity contribution in [3.05, 3.63) is 29.8 Å². The van der Waals surface area contributed by atoms with Crippen molar-refractivity contribution in [1.29, 1.82) is 0 Å². The zero-order valence-corrected chi connectivity index (χ0v) is 17.1. The molecule has 0 aliphatic rings. The number of esters is 1. The van der Waals surface area contributed by atoms with Gasteiger partial charge in [-0.05, 0) is 59.2 Å². The summed E-state index contributed by atoms with van der Waals surface area (Å²) in [6, 6.07) is 6.65. The number of alkyl carbamates (subject to hydrolysis) is 1. The van der Waals surface area contributed by atoms with Crippen molar-refractivity contribution in [2.24, 2.45) is 5.41 Å². The van der Waals surface area contributed by atoms with Crippen LogP contribution in [0.5, 0.6) is 5.75 Å². The second-order valence-corrected chi connectivity index (χ2v) is 8.26. The van der Waals surface area contributed by atoms with Gasteiger partial charge in [-0.25, -0.2) is 4.79 Å². The second-order valence-electron chi connectivity index (χ2n) is 8.26. The molecule has 0 aliphatic carbocycles. The van der Waals surface area contributed by atoms with Crippen molar-refractivity contribution >= 4 is 18.0 Å². The van der Waals surface area contributed by atoms with Gasteiger partial charge in [-0.1, -0.05) is 12.1 Å². The Hall–Kier alpha value is -2.57. The van der Waals surface area contributed by atoms with Crippen molar-refractivity contribution in [2.75, 3.05) is 13.6 Å². The van der Waals surface area contributed by atoms with E-state index in [1.54, 1.807) is 65.8 Å². The molecule has 0 aromatic heterocycles. The van der Waals surface area contributed by atoms with Gasteiger partial charge >= 0.3 is 12.1 Å². The Balaban J connectivity index is 2.84. The first-order chi connectivity index (χ1) is 12.3. The Morgan fingerprint density at radius 1 is 1.00 bits per heavy atom. The van der Waals surface area contributed by atoms with Crippen LogP contribution in [0.15, 0.2) is 24.3 Å². The summed E-state index contributed by atoms with van der Waals surface area (Å²) in [7, 11) is 1.53. The van der Waals surface area contributed by atoms with Gasteiger partial charge in [0, 0.05) is 13.6 Å². The number of hydrogen-bond acceptors (Lipinski definition) is 5. The molecule has 150 valence electrons. The average Bonchev–Trinajstić information content (AvgIpc) is 2.53. The third kappa shape index (κ3) is 7.68. The number of benzene rings is 1. The molecule has 1 aromatic rings. The molecule has 0 fully saturated rings. The first-order valence-electron chi connectivity index (χ1n) is 8.84. The van der Waals surface area contributed by atoms with Crippen LogP contribution in [0.3, 0.4) is 0 Å². The summed E-state index contributed by atoms with van der Waals surface area (Å²) in [6.07, 6.45) is -0.591. The summed E-state index contributed by atoms with van der Waals surface area (Å²) in [4.78, 5) is 36.0. The standard InChI is InChI=1S/C20H30N2O5/c1-19(2,3)17(24)26-14-10-8-13(9-11-14)15(16(23)21-7)12-22-18(25)27-20(4,5)6/h8-11,15H,12H2,1-7H3,(H,21,23)(H,22,25). The number of carbonyl (C=O) groups excluding carboxylic acids is 3. The predicted molar refractivity (Wildman–Crippen MR) is 103 cm³/mol. The lowest BCUT2D eigenvalue weighted by Gasteiger charge is -2.22. The summed E-state index contributed by atoms with van der Waals surface area (Å²) in [5.41, 5.74) is -0.549. The lowest BCUT2D eigenvalue weighted by atomic mass is 9.97. The fourth-order valence-corrected chi connectivity index (χ4v) is 2.06. The predicted octanol–water partition coefficient (Wildman–Crippen LogP) is 2.99. The molecule has 0 spiro atoms. The molecule has 0 heterocycles. The van der Waals surface area contributed by atoms with Crippen LogP contribution >= 0.6 is 0 Å². The van der Waals surface area contributed by atoms with Gasteiger partial charge in [-0.15, -0.1) is 0 Å². The van der Waals surface area contributed by atoms with E-state index in [1.807, 2.05) is 0 Å². The number of nitrogens with one attached hydrogen (secondary N) is 2. The molecule has 1 atom stereocenters. The zero-order valence-electron chi connectivity index (χ0n) is 17.1. The SMILES string of the molecule is CNC(=O)C(CNC(=O)OC(C)(C)C)c1ccc(OC(=O)C(C)(C)C)cc1. The molecular formula is C20H30N2O5. The van der Waals surface area contributed by atoms with E-state index in [-0.39, 0.29) is 18.4 Å². The van der Waals surface area contributed by atoms with Crippen LogP contribution in [0.4, 0.5) is 4.79 Å². The summed E-state index contributed by atoms with van der Waals surface area (Å²) < 4.78 is 10.5. The monoisotopic (exact) mass is 378 g/mol. The molecule has 0 saturated carbocycles. The van der Waals surface area contributed by atoms with Crippen molar-refractivity contribution < 1.29 is 23.9 Å². The van der Waals surface area contributed by atoms with Gasteiger partial charge in [0.1, 0.15) is 11.4 Å². The first kappa shape index (κ1) is 22.5. The molecule has 1 rings (SSSR count). The lowest BCUT2D eigenvalue weighted by Crippen LogP contribution is -2.38. The Kier molecular flexibility index (Phi) is 7.39. The van der Waals surface area contributed by atoms with Gasteiger partial charge < -0.3 is 20.1 Å². The van der Waals surface area contributed by atoms with Gasteiger partial charge in [0.15, 0.2) is 0 Å². The maximum atomic E-state index is 12.2. The van der Waals surface area contributed by atoms with Gasteiger partial charge in [-0.2, -0.15) is 0 Å². The number of hydrogen-bond donors (Lipinski definition) is 2. The topological polar surface area (TPSA) is 93.7 Å². The fraction of sp³-hybridized carbons (Fsp3) is 0.550. The van der Waals surface area contributed by atoms with Crippen molar-refractivity contribution in [1.82, 2.24) is 10.6 Å². The molecule has 0 saturated heterocycles. The van der Waals surface area contributed by atoms with Crippen LogP contribution in [-0.2, 0) is 14.3 Å². The molecule has 2 N–H and O–H groups in total. The molecule has 1 aromatic carbocycles. The lowest BCUT2D eigenvalue weighted by molar-refractivity contribution is -0.143. The van der Waals surface area contributed by atoms with Crippen LogP contribution in [0, 0.1) is 5.41 Å². The molecule has 27 heavy (non-hydrogen) atoms.